The molecule has 4 nitrogen and oxygen atoms in total. The molecule has 2 aromatic rings. The first-order valence-electron chi connectivity index (χ1n) is 11.2. The standard InChI is InChI=1S/C26H32N2O2/c1-4-5-8-15-30-19-13-11-18(12-14-19)25-24-22(16-26(2,3)17-23(24)29)27-20-9-6-7-10-21(20)28-25/h6-7,9-14,24-25,28H,4-5,8,15-17H2,1-3H3/t24-,25+/m0/s1. The first kappa shape index (κ1) is 20.6. The Hall–Kier alpha value is -2.62. The second kappa shape index (κ2) is 8.63. The molecule has 0 radical (unpaired) electrons. The van der Waals surface area contributed by atoms with Gasteiger partial charge in [-0.2, -0.15) is 0 Å². The number of benzene rings is 2. The summed E-state index contributed by atoms with van der Waals surface area (Å²) >= 11 is 0. The molecule has 2 atom stereocenters. The summed E-state index contributed by atoms with van der Waals surface area (Å²) in [7, 11) is 0. The molecule has 4 heteroatoms. The Bertz CT molecular complexity index is 930. The molecule has 1 aliphatic heterocycles. The van der Waals surface area contributed by atoms with Gasteiger partial charge in [0.25, 0.3) is 0 Å². The summed E-state index contributed by atoms with van der Waals surface area (Å²) < 4.78 is 5.88. The monoisotopic (exact) mass is 404 g/mol. The number of ketones is 1. The maximum absolute atomic E-state index is 13.3. The van der Waals surface area contributed by atoms with Gasteiger partial charge in [0.05, 0.1) is 29.9 Å². The lowest BCUT2D eigenvalue weighted by molar-refractivity contribution is -0.124. The van der Waals surface area contributed by atoms with Gasteiger partial charge < -0.3 is 10.1 Å². The van der Waals surface area contributed by atoms with Crippen LogP contribution in [0, 0.1) is 11.3 Å². The number of carbonyl (C=O) groups is 1. The fraction of sp³-hybridized carbons (Fsp3) is 0.462. The third kappa shape index (κ3) is 4.43. The Balaban J connectivity index is 1.63. The number of rotatable bonds is 6. The van der Waals surface area contributed by atoms with Crippen LogP contribution in [0.1, 0.15) is 64.5 Å². The van der Waals surface area contributed by atoms with Gasteiger partial charge >= 0.3 is 0 Å². The van der Waals surface area contributed by atoms with E-state index in [1.165, 1.54) is 12.8 Å². The zero-order chi connectivity index (χ0) is 21.1. The molecule has 158 valence electrons. The molecule has 4 rings (SSSR count). The van der Waals surface area contributed by atoms with Crippen molar-refractivity contribution in [2.24, 2.45) is 16.3 Å². The zero-order valence-electron chi connectivity index (χ0n) is 18.3. The summed E-state index contributed by atoms with van der Waals surface area (Å²) in [5.41, 5.74) is 3.94. The molecule has 1 N–H and O–H groups in total. The number of unbranched alkanes of at least 4 members (excludes halogenated alkanes) is 2. The maximum Gasteiger partial charge on any atom is 0.144 e. The van der Waals surface area contributed by atoms with Crippen molar-refractivity contribution in [2.45, 2.75) is 58.9 Å². The number of carbonyl (C=O) groups excluding carboxylic acids is 1. The van der Waals surface area contributed by atoms with Crippen LogP contribution in [0.15, 0.2) is 53.5 Å². The van der Waals surface area contributed by atoms with Crippen molar-refractivity contribution in [3.8, 4) is 5.75 Å². The highest BCUT2D eigenvalue weighted by Crippen LogP contribution is 2.45. The molecular formula is C26H32N2O2. The first-order chi connectivity index (χ1) is 14.5. The van der Waals surface area contributed by atoms with E-state index < -0.39 is 0 Å². The number of nitrogens with one attached hydrogen (secondary N) is 1. The van der Waals surface area contributed by atoms with Gasteiger partial charge in [0, 0.05) is 12.1 Å². The van der Waals surface area contributed by atoms with Gasteiger partial charge in [0.2, 0.25) is 0 Å². The molecule has 30 heavy (non-hydrogen) atoms. The number of ether oxygens (including phenoxy) is 1. The van der Waals surface area contributed by atoms with E-state index in [9.17, 15) is 4.79 Å². The second-order valence-electron chi connectivity index (χ2n) is 9.33. The summed E-state index contributed by atoms with van der Waals surface area (Å²) in [6.07, 6.45) is 4.88. The number of hydrogen-bond acceptors (Lipinski definition) is 4. The van der Waals surface area contributed by atoms with Crippen molar-refractivity contribution < 1.29 is 9.53 Å². The highest BCUT2D eigenvalue weighted by atomic mass is 16.5. The third-order valence-corrected chi connectivity index (χ3v) is 6.09. The Labute approximate surface area is 179 Å². The van der Waals surface area contributed by atoms with E-state index in [1.807, 2.05) is 36.4 Å². The summed E-state index contributed by atoms with van der Waals surface area (Å²) in [4.78, 5) is 18.2. The van der Waals surface area contributed by atoms with Crippen LogP contribution in [0.4, 0.5) is 11.4 Å². The Kier molecular flexibility index (Phi) is 5.94. The third-order valence-electron chi connectivity index (χ3n) is 6.09. The molecule has 0 aromatic heterocycles. The predicted molar refractivity (Wildman–Crippen MR) is 123 cm³/mol. The van der Waals surface area contributed by atoms with Gasteiger partial charge in [0.1, 0.15) is 11.5 Å². The second-order valence-corrected chi connectivity index (χ2v) is 9.33. The number of fused-ring (bicyclic) bond motifs is 2. The lowest BCUT2D eigenvalue weighted by Crippen LogP contribution is -2.42. The number of anilines is 1. The van der Waals surface area contributed by atoms with E-state index >= 15 is 0 Å². The molecule has 0 amide bonds. The van der Waals surface area contributed by atoms with Gasteiger partial charge in [-0.1, -0.05) is 57.9 Å². The number of nitrogens with zero attached hydrogens (tertiary/aromatic N) is 1. The van der Waals surface area contributed by atoms with Gasteiger partial charge in [-0.15, -0.1) is 0 Å². The number of hydrogen-bond donors (Lipinski definition) is 1. The lowest BCUT2D eigenvalue weighted by Gasteiger charge is -2.37. The molecule has 0 bridgehead atoms. The molecule has 0 unspecified atom stereocenters. The van der Waals surface area contributed by atoms with Crippen molar-refractivity contribution in [3.63, 3.8) is 0 Å². The summed E-state index contributed by atoms with van der Waals surface area (Å²) in [6, 6.07) is 16.2. The normalized spacial score (nSPS) is 22.2. The van der Waals surface area contributed by atoms with Crippen LogP contribution in [0.2, 0.25) is 0 Å². The topological polar surface area (TPSA) is 50.7 Å². The smallest absolute Gasteiger partial charge is 0.144 e. The molecule has 1 fully saturated rings. The Morgan fingerprint density at radius 3 is 2.60 bits per heavy atom. The minimum absolute atomic E-state index is 0.0492. The Morgan fingerprint density at radius 1 is 1.07 bits per heavy atom. The molecule has 1 heterocycles. The van der Waals surface area contributed by atoms with E-state index in [1.54, 1.807) is 0 Å². The van der Waals surface area contributed by atoms with Gasteiger partial charge in [-0.25, -0.2) is 0 Å². The lowest BCUT2D eigenvalue weighted by atomic mass is 9.68. The average molecular weight is 405 g/mol. The van der Waals surface area contributed by atoms with Gasteiger partial charge in [0.15, 0.2) is 0 Å². The molecule has 2 aliphatic rings. The van der Waals surface area contributed by atoms with Crippen LogP contribution >= 0.6 is 0 Å². The van der Waals surface area contributed by atoms with Crippen LogP contribution in [0.25, 0.3) is 0 Å². The maximum atomic E-state index is 13.3. The molecule has 0 saturated heterocycles. The van der Waals surface area contributed by atoms with E-state index in [4.69, 9.17) is 9.73 Å². The summed E-state index contributed by atoms with van der Waals surface area (Å²) in [5, 5.41) is 3.64. The van der Waals surface area contributed by atoms with Crippen LogP contribution in [0.5, 0.6) is 5.75 Å². The van der Waals surface area contributed by atoms with E-state index in [0.717, 1.165) is 47.8 Å². The minimum atomic E-state index is -0.234. The predicted octanol–water partition coefficient (Wildman–Crippen LogP) is 6.50. The van der Waals surface area contributed by atoms with E-state index in [-0.39, 0.29) is 23.2 Å². The highest BCUT2D eigenvalue weighted by molar-refractivity contribution is 6.10. The van der Waals surface area contributed by atoms with Crippen LogP contribution < -0.4 is 10.1 Å². The largest absolute Gasteiger partial charge is 0.494 e. The zero-order valence-corrected chi connectivity index (χ0v) is 18.3. The SMILES string of the molecule is CCCCCOc1ccc([C@H]2Nc3ccccc3N=C3CC(C)(C)CC(=O)[C@H]32)cc1. The van der Waals surface area contributed by atoms with Crippen molar-refractivity contribution >= 4 is 22.9 Å². The molecule has 1 saturated carbocycles. The summed E-state index contributed by atoms with van der Waals surface area (Å²) in [6.45, 7) is 7.26. The first-order valence-corrected chi connectivity index (χ1v) is 11.2. The van der Waals surface area contributed by atoms with Gasteiger partial charge in [-0.3, -0.25) is 9.79 Å². The number of Topliss-reactive ketones (excluding diaryl/α,β-unsaturated/α-hetero) is 1. The fourth-order valence-electron chi connectivity index (χ4n) is 4.61. The average Bonchev–Trinajstić information content (AvgIpc) is 2.87. The summed E-state index contributed by atoms with van der Waals surface area (Å²) in [5.74, 6) is 0.922. The number of aliphatic imine (C=N–C) groups is 1. The van der Waals surface area contributed by atoms with Crippen molar-refractivity contribution in [2.75, 3.05) is 11.9 Å². The van der Waals surface area contributed by atoms with Crippen LogP contribution in [-0.4, -0.2) is 18.1 Å². The molecule has 2 aromatic carbocycles. The van der Waals surface area contributed by atoms with Crippen LogP contribution in [0.3, 0.4) is 0 Å². The van der Waals surface area contributed by atoms with Crippen molar-refractivity contribution in [1.29, 1.82) is 0 Å². The van der Waals surface area contributed by atoms with E-state index in [0.29, 0.717) is 6.42 Å². The highest BCUT2D eigenvalue weighted by Gasteiger charge is 2.43. The molecule has 0 spiro atoms. The quantitative estimate of drug-likeness (QED) is 0.559. The van der Waals surface area contributed by atoms with Crippen molar-refractivity contribution in [1.82, 2.24) is 0 Å². The number of para-hydroxylation sites is 2. The van der Waals surface area contributed by atoms with E-state index in [2.05, 4.69) is 38.2 Å². The fourth-order valence-corrected chi connectivity index (χ4v) is 4.61. The van der Waals surface area contributed by atoms with Crippen LogP contribution in [-0.2, 0) is 4.79 Å². The minimum Gasteiger partial charge on any atom is -0.494 e. The molecular weight excluding hydrogens is 372 g/mol. The van der Waals surface area contributed by atoms with Gasteiger partial charge in [-0.05, 0) is 48.1 Å². The molecule has 1 aliphatic carbocycles. The Morgan fingerprint density at radius 2 is 1.83 bits per heavy atom. The van der Waals surface area contributed by atoms with Crippen molar-refractivity contribution in [3.05, 3.63) is 54.1 Å².